The molecule has 3 heteroatoms. The highest BCUT2D eigenvalue weighted by molar-refractivity contribution is 5.42. The van der Waals surface area contributed by atoms with E-state index in [-0.39, 0.29) is 11.5 Å². The Hall–Kier alpha value is -1.09. The van der Waals surface area contributed by atoms with Gasteiger partial charge in [-0.05, 0) is 30.5 Å². The fourth-order valence-corrected chi connectivity index (χ4v) is 1.25. The SMILES string of the molecule is Nc1cc(CNC2CC2)ccc1F. The van der Waals surface area contributed by atoms with E-state index >= 15 is 0 Å². The molecule has 0 aliphatic heterocycles. The molecule has 0 heterocycles. The van der Waals surface area contributed by atoms with Crippen LogP contribution in [-0.2, 0) is 6.54 Å². The van der Waals surface area contributed by atoms with Crippen molar-refractivity contribution in [2.24, 2.45) is 0 Å². The minimum atomic E-state index is -0.338. The molecule has 1 fully saturated rings. The fraction of sp³-hybridized carbons (Fsp3) is 0.400. The highest BCUT2D eigenvalue weighted by Crippen LogP contribution is 2.20. The summed E-state index contributed by atoms with van der Waals surface area (Å²) in [5.74, 6) is -0.338. The zero-order chi connectivity index (χ0) is 9.26. The lowest BCUT2D eigenvalue weighted by Gasteiger charge is -2.04. The predicted octanol–water partition coefficient (Wildman–Crippen LogP) is 1.66. The lowest BCUT2D eigenvalue weighted by molar-refractivity contribution is 0.629. The molecule has 0 spiro atoms. The number of halogens is 1. The summed E-state index contributed by atoms with van der Waals surface area (Å²) in [7, 11) is 0. The van der Waals surface area contributed by atoms with Crippen molar-refractivity contribution >= 4 is 5.69 Å². The zero-order valence-electron chi connectivity index (χ0n) is 7.39. The summed E-state index contributed by atoms with van der Waals surface area (Å²) in [5.41, 5.74) is 6.72. The highest BCUT2D eigenvalue weighted by atomic mass is 19.1. The third kappa shape index (κ3) is 2.18. The molecule has 1 aliphatic carbocycles. The number of hydrogen-bond acceptors (Lipinski definition) is 2. The number of anilines is 1. The lowest BCUT2D eigenvalue weighted by Crippen LogP contribution is -2.15. The third-order valence-electron chi connectivity index (χ3n) is 2.23. The van der Waals surface area contributed by atoms with Gasteiger partial charge in [0.25, 0.3) is 0 Å². The molecule has 3 N–H and O–H groups in total. The molecule has 70 valence electrons. The van der Waals surface area contributed by atoms with Gasteiger partial charge in [0.1, 0.15) is 5.82 Å². The average molecular weight is 180 g/mol. The first-order valence-electron chi connectivity index (χ1n) is 4.53. The summed E-state index contributed by atoms with van der Waals surface area (Å²) in [6, 6.07) is 5.54. The summed E-state index contributed by atoms with van der Waals surface area (Å²) in [5, 5.41) is 3.34. The van der Waals surface area contributed by atoms with Crippen LogP contribution in [0.5, 0.6) is 0 Å². The van der Waals surface area contributed by atoms with Crippen molar-refractivity contribution in [3.05, 3.63) is 29.6 Å². The Balaban J connectivity index is 1.98. The number of nitrogens with two attached hydrogens (primary N) is 1. The molecule has 1 saturated carbocycles. The molecule has 2 rings (SSSR count). The molecule has 13 heavy (non-hydrogen) atoms. The van der Waals surface area contributed by atoms with Crippen LogP contribution in [0.2, 0.25) is 0 Å². The van der Waals surface area contributed by atoms with Crippen molar-refractivity contribution in [2.45, 2.75) is 25.4 Å². The van der Waals surface area contributed by atoms with Crippen molar-refractivity contribution < 1.29 is 4.39 Å². The van der Waals surface area contributed by atoms with Gasteiger partial charge in [-0.1, -0.05) is 6.07 Å². The van der Waals surface area contributed by atoms with Crippen molar-refractivity contribution in [3.63, 3.8) is 0 Å². The topological polar surface area (TPSA) is 38.0 Å². The number of hydrogen-bond donors (Lipinski definition) is 2. The maximum Gasteiger partial charge on any atom is 0.146 e. The quantitative estimate of drug-likeness (QED) is 0.694. The summed E-state index contributed by atoms with van der Waals surface area (Å²) >= 11 is 0. The van der Waals surface area contributed by atoms with Crippen LogP contribution in [0.1, 0.15) is 18.4 Å². The molecule has 1 aliphatic rings. The van der Waals surface area contributed by atoms with Crippen molar-refractivity contribution in [1.29, 1.82) is 0 Å². The van der Waals surface area contributed by atoms with Gasteiger partial charge in [0.2, 0.25) is 0 Å². The molecule has 0 aromatic heterocycles. The molecule has 0 unspecified atom stereocenters. The lowest BCUT2D eigenvalue weighted by atomic mass is 10.2. The van der Waals surface area contributed by atoms with E-state index in [0.29, 0.717) is 6.04 Å². The Bertz CT molecular complexity index is 308. The van der Waals surface area contributed by atoms with Gasteiger partial charge in [0.15, 0.2) is 0 Å². The minimum Gasteiger partial charge on any atom is -0.396 e. The molecule has 1 aromatic carbocycles. The molecule has 0 saturated heterocycles. The van der Waals surface area contributed by atoms with Crippen LogP contribution in [0.25, 0.3) is 0 Å². The van der Waals surface area contributed by atoms with Gasteiger partial charge in [-0.3, -0.25) is 0 Å². The highest BCUT2D eigenvalue weighted by Gasteiger charge is 2.19. The van der Waals surface area contributed by atoms with Gasteiger partial charge in [-0.25, -0.2) is 4.39 Å². The standard InChI is InChI=1S/C10H13FN2/c11-9-4-1-7(5-10(9)12)6-13-8-2-3-8/h1,4-5,8,13H,2-3,6,12H2. The average Bonchev–Trinajstić information content (AvgIpc) is 2.91. The fourth-order valence-electron chi connectivity index (χ4n) is 1.25. The Morgan fingerprint density at radius 1 is 1.46 bits per heavy atom. The predicted molar refractivity (Wildman–Crippen MR) is 50.7 cm³/mol. The molecule has 0 amide bonds. The Labute approximate surface area is 76.9 Å². The first kappa shape index (κ1) is 8.51. The summed E-state index contributed by atoms with van der Waals surface area (Å²) in [6.45, 7) is 0.787. The van der Waals surface area contributed by atoms with E-state index in [2.05, 4.69) is 5.32 Å². The van der Waals surface area contributed by atoms with Crippen LogP contribution in [0.4, 0.5) is 10.1 Å². The largest absolute Gasteiger partial charge is 0.396 e. The third-order valence-corrected chi connectivity index (χ3v) is 2.23. The van der Waals surface area contributed by atoms with Crippen molar-refractivity contribution in [3.8, 4) is 0 Å². The summed E-state index contributed by atoms with van der Waals surface area (Å²) in [4.78, 5) is 0. The van der Waals surface area contributed by atoms with E-state index in [1.54, 1.807) is 12.1 Å². The van der Waals surface area contributed by atoms with E-state index in [0.717, 1.165) is 12.1 Å². The van der Waals surface area contributed by atoms with Crippen molar-refractivity contribution in [1.82, 2.24) is 5.32 Å². The Kier molecular flexibility index (Phi) is 2.19. The van der Waals surface area contributed by atoms with Gasteiger partial charge in [0.05, 0.1) is 5.69 Å². The number of nitrogens with one attached hydrogen (secondary N) is 1. The van der Waals surface area contributed by atoms with Crippen molar-refractivity contribution in [2.75, 3.05) is 5.73 Å². The second kappa shape index (κ2) is 3.34. The Morgan fingerprint density at radius 3 is 2.85 bits per heavy atom. The maximum atomic E-state index is 12.8. The second-order valence-corrected chi connectivity index (χ2v) is 3.51. The molecule has 0 atom stereocenters. The van der Waals surface area contributed by atoms with Crippen LogP contribution in [0, 0.1) is 5.82 Å². The normalized spacial score (nSPS) is 16.1. The van der Waals surface area contributed by atoms with Gasteiger partial charge in [-0.15, -0.1) is 0 Å². The first-order chi connectivity index (χ1) is 6.25. The van der Waals surface area contributed by atoms with Crippen LogP contribution < -0.4 is 11.1 Å². The van der Waals surface area contributed by atoms with E-state index < -0.39 is 0 Å². The molecule has 0 bridgehead atoms. The van der Waals surface area contributed by atoms with Crippen LogP contribution in [-0.4, -0.2) is 6.04 Å². The first-order valence-corrected chi connectivity index (χ1v) is 4.53. The molecule has 1 aromatic rings. The van der Waals surface area contributed by atoms with Gasteiger partial charge >= 0.3 is 0 Å². The van der Waals surface area contributed by atoms with Crippen LogP contribution in [0.15, 0.2) is 18.2 Å². The monoisotopic (exact) mass is 180 g/mol. The van der Waals surface area contributed by atoms with Crippen LogP contribution >= 0.6 is 0 Å². The molecule has 0 radical (unpaired) electrons. The summed E-state index contributed by atoms with van der Waals surface area (Å²) < 4.78 is 12.8. The minimum absolute atomic E-state index is 0.232. The van der Waals surface area contributed by atoms with Gasteiger partial charge in [-0.2, -0.15) is 0 Å². The summed E-state index contributed by atoms with van der Waals surface area (Å²) in [6.07, 6.45) is 2.52. The van der Waals surface area contributed by atoms with E-state index in [1.807, 2.05) is 0 Å². The van der Waals surface area contributed by atoms with E-state index in [1.165, 1.54) is 18.9 Å². The zero-order valence-corrected chi connectivity index (χ0v) is 7.39. The molecular weight excluding hydrogens is 167 g/mol. The molecule has 2 nitrogen and oxygen atoms in total. The number of benzene rings is 1. The number of nitrogen functional groups attached to an aromatic ring is 1. The second-order valence-electron chi connectivity index (χ2n) is 3.51. The maximum absolute atomic E-state index is 12.8. The van der Waals surface area contributed by atoms with Crippen LogP contribution in [0.3, 0.4) is 0 Å². The van der Waals surface area contributed by atoms with E-state index in [4.69, 9.17) is 5.73 Å². The van der Waals surface area contributed by atoms with E-state index in [9.17, 15) is 4.39 Å². The van der Waals surface area contributed by atoms with Gasteiger partial charge in [0, 0.05) is 12.6 Å². The van der Waals surface area contributed by atoms with Gasteiger partial charge < -0.3 is 11.1 Å². The smallest absolute Gasteiger partial charge is 0.146 e. The molecular formula is C10H13FN2. The Morgan fingerprint density at radius 2 is 2.23 bits per heavy atom. The number of rotatable bonds is 3.